The van der Waals surface area contributed by atoms with Gasteiger partial charge in [0.1, 0.15) is 33.4 Å². The van der Waals surface area contributed by atoms with Crippen LogP contribution in [0.5, 0.6) is 0 Å². The Morgan fingerprint density at radius 1 is 0.400 bits per heavy atom. The van der Waals surface area contributed by atoms with Gasteiger partial charge in [-0.2, -0.15) is 0 Å². The summed E-state index contributed by atoms with van der Waals surface area (Å²) < 4.78 is 2.41. The molecule has 0 saturated carbocycles. The highest BCUT2D eigenvalue weighted by Crippen LogP contribution is 2.48. The first kappa shape index (κ1) is 40.8. The first-order valence-corrected chi connectivity index (χ1v) is 24.8. The van der Waals surface area contributed by atoms with Crippen molar-refractivity contribution in [3.8, 4) is 5.69 Å². The summed E-state index contributed by atoms with van der Waals surface area (Å²) in [5, 5.41) is 7.70. The van der Waals surface area contributed by atoms with Gasteiger partial charge in [0.15, 0.2) is 8.07 Å². The molecule has 0 fully saturated rings. The Morgan fingerprint density at radius 3 is 1.14 bits per heavy atom. The Hall–Kier alpha value is -6.96. The summed E-state index contributed by atoms with van der Waals surface area (Å²) in [4.78, 5) is 24.8. The van der Waals surface area contributed by atoms with Crippen LogP contribution in [0.2, 0.25) is 0 Å². The molecule has 1 aliphatic rings. The fourth-order valence-corrected chi connectivity index (χ4v) is 15.5. The quantitative estimate of drug-likeness (QED) is 0.130. The minimum absolute atomic E-state index is 0.0337. The number of para-hydroxylation sites is 2. The smallest absolute Gasteiger partial charge is 0.184 e. The summed E-state index contributed by atoms with van der Waals surface area (Å²) in [7, 11) is -2.90. The molecular weight excluding hydrogens is 809 g/mol. The standard InChI is InChI=1S/C58H54N6Si/c1-35-37(3)61-53-51(59-35)55(63-45-31-29-39(57(5,6)7)33-43(45)44-34-40(58(8,9)10)30-32-46(44)63)52-54(62-38(4)36(2)60-52)56(53)64-47-25-17-19-27-49(47)65(41-21-13-11-14-22-41,42-23-15-12-16-24-42)50-28-20-18-26-48(50)64/h11-34H,1-10H3. The topological polar surface area (TPSA) is 59.7 Å². The third-order valence-corrected chi connectivity index (χ3v) is 18.8. The summed E-state index contributed by atoms with van der Waals surface area (Å²) >= 11 is 0. The fraction of sp³-hybridized carbons (Fsp3) is 0.207. The zero-order valence-corrected chi connectivity index (χ0v) is 40.0. The van der Waals surface area contributed by atoms with Crippen molar-refractivity contribution < 1.29 is 0 Å². The van der Waals surface area contributed by atoms with Gasteiger partial charge in [-0.25, -0.2) is 19.9 Å². The lowest BCUT2D eigenvalue weighted by Crippen LogP contribution is -2.77. The number of aromatic nitrogens is 5. The minimum Gasteiger partial charge on any atom is -0.307 e. The van der Waals surface area contributed by atoms with E-state index >= 15 is 0 Å². The van der Waals surface area contributed by atoms with Crippen LogP contribution in [0.3, 0.4) is 0 Å². The lowest BCUT2D eigenvalue weighted by molar-refractivity contribution is 0.590. The van der Waals surface area contributed by atoms with Crippen molar-refractivity contribution >= 4 is 89.8 Å². The van der Waals surface area contributed by atoms with Crippen molar-refractivity contribution in [2.45, 2.75) is 80.1 Å². The van der Waals surface area contributed by atoms with E-state index in [-0.39, 0.29) is 10.8 Å². The molecule has 11 rings (SSSR count). The molecule has 6 nitrogen and oxygen atoms in total. The molecule has 0 unspecified atom stereocenters. The Labute approximate surface area is 382 Å². The second-order valence-electron chi connectivity index (χ2n) is 20.0. The molecule has 0 bridgehead atoms. The van der Waals surface area contributed by atoms with E-state index in [1.807, 2.05) is 0 Å². The Balaban J connectivity index is 1.32. The van der Waals surface area contributed by atoms with Crippen LogP contribution in [0.25, 0.3) is 49.6 Å². The first-order chi connectivity index (χ1) is 31.2. The highest BCUT2D eigenvalue weighted by Gasteiger charge is 2.49. The van der Waals surface area contributed by atoms with E-state index in [1.165, 1.54) is 42.6 Å². The minimum atomic E-state index is -2.90. The molecule has 10 aromatic rings. The molecule has 0 aliphatic carbocycles. The van der Waals surface area contributed by atoms with Crippen LogP contribution in [-0.4, -0.2) is 32.6 Å². The SMILES string of the molecule is Cc1nc2c(N3c4ccccc4[Si](c4ccccc4)(c4ccccc4)c4ccccc43)c3nc(C)c(C)nc3c(-n3c4ccc(C(C)(C)C)cc4c4cc(C(C)(C)C)ccc43)c2nc1C. The number of benzene rings is 7. The molecular formula is C58H54N6Si. The molecule has 0 spiro atoms. The van der Waals surface area contributed by atoms with Crippen molar-refractivity contribution in [2.75, 3.05) is 4.90 Å². The first-order valence-electron chi connectivity index (χ1n) is 22.8. The van der Waals surface area contributed by atoms with Crippen LogP contribution in [0.4, 0.5) is 17.1 Å². The van der Waals surface area contributed by atoms with Crippen molar-refractivity contribution in [3.05, 3.63) is 179 Å². The van der Waals surface area contributed by atoms with Gasteiger partial charge in [-0.3, -0.25) is 0 Å². The van der Waals surface area contributed by atoms with Crippen molar-refractivity contribution in [3.63, 3.8) is 0 Å². The van der Waals surface area contributed by atoms with E-state index in [0.717, 1.165) is 78.6 Å². The molecule has 7 heteroatoms. The van der Waals surface area contributed by atoms with E-state index in [4.69, 9.17) is 19.9 Å². The third kappa shape index (κ3) is 6.05. The fourth-order valence-electron chi connectivity index (χ4n) is 10.4. The number of rotatable bonds is 4. The molecule has 0 saturated heterocycles. The van der Waals surface area contributed by atoms with Crippen LogP contribution in [-0.2, 0) is 10.8 Å². The number of hydrogen-bond acceptors (Lipinski definition) is 5. The molecule has 0 N–H and O–H groups in total. The Bertz CT molecular complexity index is 3330. The predicted molar refractivity (Wildman–Crippen MR) is 275 cm³/mol. The zero-order valence-electron chi connectivity index (χ0n) is 39.0. The third-order valence-electron chi connectivity index (χ3n) is 14.0. The molecule has 320 valence electrons. The number of fused-ring (bicyclic) bond motifs is 7. The maximum atomic E-state index is 5.60. The Kier molecular flexibility index (Phi) is 9.12. The molecule has 65 heavy (non-hydrogen) atoms. The van der Waals surface area contributed by atoms with E-state index in [0.29, 0.717) is 0 Å². The molecule has 4 heterocycles. The van der Waals surface area contributed by atoms with E-state index in [9.17, 15) is 0 Å². The maximum Gasteiger partial charge on any atom is 0.184 e. The van der Waals surface area contributed by atoms with E-state index in [1.54, 1.807) is 0 Å². The van der Waals surface area contributed by atoms with Crippen molar-refractivity contribution in [1.82, 2.24) is 24.5 Å². The highest BCUT2D eigenvalue weighted by atomic mass is 28.3. The van der Waals surface area contributed by atoms with Gasteiger partial charge in [0, 0.05) is 22.1 Å². The molecule has 0 atom stereocenters. The van der Waals surface area contributed by atoms with Crippen LogP contribution in [0, 0.1) is 27.7 Å². The van der Waals surface area contributed by atoms with Crippen LogP contribution < -0.4 is 25.6 Å². The lowest BCUT2D eigenvalue weighted by Gasteiger charge is -2.45. The summed E-state index contributed by atoms with van der Waals surface area (Å²) in [5.74, 6) is 0. The second-order valence-corrected chi connectivity index (χ2v) is 23.8. The lowest BCUT2D eigenvalue weighted by atomic mass is 9.85. The number of aryl methyl sites for hydroxylation is 4. The van der Waals surface area contributed by atoms with E-state index in [2.05, 4.69) is 224 Å². The van der Waals surface area contributed by atoms with Gasteiger partial charge in [0.05, 0.1) is 33.8 Å². The van der Waals surface area contributed by atoms with E-state index < -0.39 is 8.07 Å². The van der Waals surface area contributed by atoms with Gasteiger partial charge >= 0.3 is 0 Å². The second kappa shape index (κ2) is 14.5. The summed E-state index contributed by atoms with van der Waals surface area (Å²) in [6.07, 6.45) is 0. The van der Waals surface area contributed by atoms with Crippen LogP contribution >= 0.6 is 0 Å². The van der Waals surface area contributed by atoms with Crippen LogP contribution in [0.15, 0.2) is 146 Å². The molecule has 0 amide bonds. The van der Waals surface area contributed by atoms with Gasteiger partial charge in [0.2, 0.25) is 0 Å². The molecule has 1 aliphatic heterocycles. The van der Waals surface area contributed by atoms with Gasteiger partial charge in [0.25, 0.3) is 0 Å². The van der Waals surface area contributed by atoms with Gasteiger partial charge in [-0.05, 0) is 107 Å². The highest BCUT2D eigenvalue weighted by molar-refractivity contribution is 7.21. The summed E-state index contributed by atoms with van der Waals surface area (Å²) in [5.41, 5.74) is 15.4. The monoisotopic (exact) mass is 862 g/mol. The predicted octanol–water partition coefficient (Wildman–Crippen LogP) is 11.7. The largest absolute Gasteiger partial charge is 0.307 e. The van der Waals surface area contributed by atoms with Gasteiger partial charge in [-0.15, -0.1) is 0 Å². The number of hydrogen-bond donors (Lipinski definition) is 0. The molecule has 0 radical (unpaired) electrons. The normalized spacial score (nSPS) is 13.8. The number of anilines is 3. The van der Waals surface area contributed by atoms with Crippen molar-refractivity contribution in [1.29, 1.82) is 0 Å². The van der Waals surface area contributed by atoms with Crippen molar-refractivity contribution in [2.24, 2.45) is 0 Å². The zero-order chi connectivity index (χ0) is 45.2. The average Bonchev–Trinajstić information content (AvgIpc) is 3.62. The molecule has 3 aromatic heterocycles. The van der Waals surface area contributed by atoms with Gasteiger partial charge in [-0.1, -0.05) is 151 Å². The van der Waals surface area contributed by atoms with Gasteiger partial charge < -0.3 is 9.47 Å². The average molecular weight is 863 g/mol. The number of nitrogens with zero attached hydrogens (tertiary/aromatic N) is 6. The maximum absolute atomic E-state index is 5.60. The summed E-state index contributed by atoms with van der Waals surface area (Å²) in [6, 6.07) is 54.4. The van der Waals surface area contributed by atoms with Crippen LogP contribution in [0.1, 0.15) is 75.4 Å². The molecule has 7 aromatic carbocycles. The Morgan fingerprint density at radius 2 is 0.754 bits per heavy atom. The summed E-state index contributed by atoms with van der Waals surface area (Å²) in [6.45, 7) is 22.0.